The van der Waals surface area contributed by atoms with Crippen LogP contribution in [0, 0.1) is 19.8 Å². The highest BCUT2D eigenvalue weighted by atomic mass is 19.4. The normalized spacial score (nSPS) is 19.3. The number of ether oxygens (including phenoxy) is 1. The number of piperidine rings is 1. The fraction of sp³-hybridized carbons (Fsp3) is 0.524. The van der Waals surface area contributed by atoms with Gasteiger partial charge in [0.1, 0.15) is 11.9 Å². The number of aromatic hydroxyl groups is 1. The molecule has 0 amide bonds. The van der Waals surface area contributed by atoms with Crippen molar-refractivity contribution in [2.24, 2.45) is 5.92 Å². The van der Waals surface area contributed by atoms with Crippen molar-refractivity contribution in [2.75, 3.05) is 27.2 Å². The van der Waals surface area contributed by atoms with Crippen LogP contribution in [0.3, 0.4) is 0 Å². The predicted molar refractivity (Wildman–Crippen MR) is 104 cm³/mol. The van der Waals surface area contributed by atoms with Crippen molar-refractivity contribution in [3.63, 3.8) is 0 Å². The fourth-order valence-electron chi connectivity index (χ4n) is 4.04. The molecule has 1 aromatic heterocycles. The first-order valence-corrected chi connectivity index (χ1v) is 9.59. The number of hydrogen-bond donors (Lipinski definition) is 1. The molecule has 0 aliphatic carbocycles. The third kappa shape index (κ3) is 4.38. The minimum Gasteiger partial charge on any atom is -0.507 e. The summed E-state index contributed by atoms with van der Waals surface area (Å²) in [5.74, 6) is -0.182. The predicted octanol–water partition coefficient (Wildman–Crippen LogP) is 4.51. The molecule has 158 valence electrons. The average molecular weight is 409 g/mol. The number of halogens is 3. The maximum atomic E-state index is 12.9. The molecule has 1 aromatic carbocycles. The van der Waals surface area contributed by atoms with Crippen molar-refractivity contribution < 1.29 is 23.0 Å². The first-order valence-electron chi connectivity index (χ1n) is 9.59. The molecule has 2 unspecified atom stereocenters. The van der Waals surface area contributed by atoms with Crippen LogP contribution in [0.1, 0.15) is 41.3 Å². The van der Waals surface area contributed by atoms with Crippen LogP contribution in [-0.2, 0) is 10.9 Å². The van der Waals surface area contributed by atoms with Crippen molar-refractivity contribution in [1.82, 2.24) is 15.1 Å². The molecule has 0 bridgehead atoms. The summed E-state index contributed by atoms with van der Waals surface area (Å²) in [7, 11) is 3.74. The monoisotopic (exact) mass is 409 g/mol. The molecule has 1 aliphatic heterocycles. The second-order valence-corrected chi connectivity index (χ2v) is 7.73. The maximum Gasteiger partial charge on any atom is 0.416 e. The lowest BCUT2D eigenvalue weighted by atomic mass is 9.88. The minimum absolute atomic E-state index is 0.209. The number of nitrogens with zero attached hydrogens (tertiary/aromatic N) is 3. The van der Waals surface area contributed by atoms with Gasteiger partial charge in [0.2, 0.25) is 0 Å². The van der Waals surface area contributed by atoms with Crippen LogP contribution in [0.15, 0.2) is 18.2 Å². The lowest BCUT2D eigenvalue weighted by Gasteiger charge is -2.34. The van der Waals surface area contributed by atoms with Crippen LogP contribution in [0.25, 0.3) is 11.3 Å². The van der Waals surface area contributed by atoms with Crippen molar-refractivity contribution in [2.45, 2.75) is 39.0 Å². The zero-order chi connectivity index (χ0) is 21.3. The molecule has 2 atom stereocenters. The number of phenols is 1. The third-order valence-corrected chi connectivity index (χ3v) is 5.75. The first-order chi connectivity index (χ1) is 13.6. The number of methoxy groups -OCH3 is 1. The van der Waals surface area contributed by atoms with Crippen LogP contribution < -0.4 is 0 Å². The summed E-state index contributed by atoms with van der Waals surface area (Å²) >= 11 is 0. The minimum atomic E-state index is -4.52. The van der Waals surface area contributed by atoms with E-state index in [1.165, 1.54) is 6.07 Å². The summed E-state index contributed by atoms with van der Waals surface area (Å²) in [6, 6.07) is 2.89. The second-order valence-electron chi connectivity index (χ2n) is 7.73. The molecule has 0 spiro atoms. The van der Waals surface area contributed by atoms with Gasteiger partial charge in [0.15, 0.2) is 0 Å². The van der Waals surface area contributed by atoms with E-state index in [0.29, 0.717) is 5.69 Å². The van der Waals surface area contributed by atoms with Crippen LogP contribution in [-0.4, -0.2) is 47.5 Å². The van der Waals surface area contributed by atoms with Crippen molar-refractivity contribution in [3.05, 3.63) is 40.6 Å². The van der Waals surface area contributed by atoms with Crippen LogP contribution >= 0.6 is 0 Å². The van der Waals surface area contributed by atoms with Gasteiger partial charge in [-0.05, 0) is 69.6 Å². The number of aromatic nitrogens is 2. The molecule has 1 saturated heterocycles. The van der Waals surface area contributed by atoms with Crippen LogP contribution in [0.2, 0.25) is 0 Å². The molecule has 1 fully saturated rings. The highest BCUT2D eigenvalue weighted by molar-refractivity contribution is 5.70. The third-order valence-electron chi connectivity index (χ3n) is 5.75. The Labute approximate surface area is 168 Å². The summed E-state index contributed by atoms with van der Waals surface area (Å²) in [6.07, 6.45) is -2.61. The van der Waals surface area contributed by atoms with Gasteiger partial charge < -0.3 is 14.7 Å². The Hall–Kier alpha value is -2.19. The summed E-state index contributed by atoms with van der Waals surface area (Å²) in [6.45, 7) is 5.70. The lowest BCUT2D eigenvalue weighted by molar-refractivity contribution is -0.137. The van der Waals surface area contributed by atoms with Gasteiger partial charge in [0.25, 0.3) is 0 Å². The highest BCUT2D eigenvalue weighted by Gasteiger charge is 2.32. The fourth-order valence-corrected chi connectivity index (χ4v) is 4.04. The molecule has 3 rings (SSSR count). The summed E-state index contributed by atoms with van der Waals surface area (Å²) in [5.41, 5.74) is 2.06. The van der Waals surface area contributed by atoms with Gasteiger partial charge in [0, 0.05) is 25.1 Å². The Morgan fingerprint density at radius 3 is 2.52 bits per heavy atom. The second kappa shape index (κ2) is 8.28. The molecule has 8 heteroatoms. The van der Waals surface area contributed by atoms with E-state index in [2.05, 4.69) is 22.1 Å². The lowest BCUT2D eigenvalue weighted by Crippen LogP contribution is -2.36. The highest BCUT2D eigenvalue weighted by Crippen LogP contribution is 2.39. The molecular formula is C21H26F3N3O2. The van der Waals surface area contributed by atoms with Crippen molar-refractivity contribution in [3.8, 4) is 17.0 Å². The van der Waals surface area contributed by atoms with Gasteiger partial charge in [-0.2, -0.15) is 18.3 Å². The van der Waals surface area contributed by atoms with Gasteiger partial charge in [-0.3, -0.25) is 0 Å². The number of rotatable bonds is 4. The quantitative estimate of drug-likeness (QED) is 0.805. The Balaban J connectivity index is 1.97. The number of phenolic OH excluding ortho intramolecular Hbond substituents is 1. The number of benzene rings is 1. The molecule has 0 saturated carbocycles. The summed E-state index contributed by atoms with van der Waals surface area (Å²) in [4.78, 5) is 2.27. The Kier molecular flexibility index (Phi) is 6.14. The zero-order valence-corrected chi connectivity index (χ0v) is 17.0. The standard InChI is InChI=1S/C21H26F3N3O2/c1-12-13(2)19(20(29-4)14-6-5-9-27(3)11-14)26-25-18(12)16-8-7-15(10-17(16)28)21(22,23)24/h7-8,10,14,20,28H,5-6,9,11H2,1-4H3. The van der Waals surface area contributed by atoms with Crippen LogP contribution in [0.4, 0.5) is 13.2 Å². The maximum absolute atomic E-state index is 12.9. The van der Waals surface area contributed by atoms with E-state index >= 15 is 0 Å². The SMILES string of the molecule is COC(c1nnc(-c2ccc(C(F)(F)F)cc2O)c(C)c1C)C1CCCN(C)C1. The Morgan fingerprint density at radius 1 is 1.21 bits per heavy atom. The summed E-state index contributed by atoms with van der Waals surface area (Å²) < 4.78 is 44.4. The molecule has 1 aliphatic rings. The van der Waals surface area contributed by atoms with Gasteiger partial charge in [-0.15, -0.1) is 5.10 Å². The van der Waals surface area contributed by atoms with E-state index < -0.39 is 17.5 Å². The van der Waals surface area contributed by atoms with Crippen molar-refractivity contribution in [1.29, 1.82) is 0 Å². The van der Waals surface area contributed by atoms with Gasteiger partial charge in [-0.1, -0.05) is 0 Å². The van der Waals surface area contributed by atoms with E-state index in [0.717, 1.165) is 54.9 Å². The van der Waals surface area contributed by atoms with E-state index in [1.54, 1.807) is 7.11 Å². The summed E-state index contributed by atoms with van der Waals surface area (Å²) in [5, 5.41) is 18.8. The number of hydrogen-bond acceptors (Lipinski definition) is 5. The van der Waals surface area contributed by atoms with E-state index in [1.807, 2.05) is 13.8 Å². The molecule has 2 heterocycles. The Bertz CT molecular complexity index is 886. The molecule has 2 aromatic rings. The first kappa shape index (κ1) is 21.5. The molecule has 29 heavy (non-hydrogen) atoms. The molecular weight excluding hydrogens is 383 g/mol. The smallest absolute Gasteiger partial charge is 0.416 e. The van der Waals surface area contributed by atoms with Crippen molar-refractivity contribution >= 4 is 0 Å². The molecule has 5 nitrogen and oxygen atoms in total. The molecule has 0 radical (unpaired) electrons. The Morgan fingerprint density at radius 2 is 1.93 bits per heavy atom. The topological polar surface area (TPSA) is 58.5 Å². The average Bonchev–Trinajstić information content (AvgIpc) is 2.65. The van der Waals surface area contributed by atoms with Crippen LogP contribution in [0.5, 0.6) is 5.75 Å². The van der Waals surface area contributed by atoms with Gasteiger partial charge in [0.05, 0.1) is 17.0 Å². The zero-order valence-electron chi connectivity index (χ0n) is 17.0. The van der Waals surface area contributed by atoms with E-state index in [4.69, 9.17) is 4.74 Å². The van der Waals surface area contributed by atoms with E-state index in [-0.39, 0.29) is 17.6 Å². The largest absolute Gasteiger partial charge is 0.507 e. The number of likely N-dealkylation sites (tertiary alicyclic amines) is 1. The van der Waals surface area contributed by atoms with Gasteiger partial charge in [-0.25, -0.2) is 0 Å². The van der Waals surface area contributed by atoms with Gasteiger partial charge >= 0.3 is 6.18 Å². The molecule has 1 N–H and O–H groups in total. The number of alkyl halides is 3. The van der Waals surface area contributed by atoms with E-state index in [9.17, 15) is 18.3 Å².